The highest BCUT2D eigenvalue weighted by atomic mass is 32.2. The Balaban J connectivity index is 0.759. The Hall–Kier alpha value is -4.11. The number of fused-ring (bicyclic) bond motifs is 2. The average Bonchev–Trinajstić information content (AvgIpc) is 4.02. The van der Waals surface area contributed by atoms with Gasteiger partial charge in [-0.3, -0.25) is 9.59 Å². The Labute approximate surface area is 415 Å². The molecule has 0 aliphatic carbocycles. The standard InChI is InChI=1S/C46H64F3N7O11S3/c47-46(48,49)70(60,61)55-14-10-35(11-15-55)56-30-37(32-4-3-5-33(28-32)44(50)68)36-9-8-34(29-39(36)56)52-42(58)12-16-62-18-20-64-22-24-66-26-27-67-25-23-65-21-19-63-17-13-51-41(57)7-2-1-6-40-43-38(31-69-40)53-45(59)54-43/h3-5,8-9,28-30,35,38,40,43H,1-2,6-7,10-27,31H2,(H2,50,68)(H,51,57)(H,52,58)(H2,53,54,59)/t38-,40-,43-/m0/s1. The number of alkyl halides is 3. The van der Waals surface area contributed by atoms with Crippen LogP contribution in [0.4, 0.5) is 23.7 Å². The number of amides is 4. The fraction of sp³-hybridized carbons (Fsp3) is 0.609. The maximum Gasteiger partial charge on any atom is 0.511 e. The largest absolute Gasteiger partial charge is 0.511 e. The lowest BCUT2D eigenvalue weighted by atomic mass is 10.0. The quantitative estimate of drug-likeness (QED) is 0.0335. The summed E-state index contributed by atoms with van der Waals surface area (Å²) >= 11 is 7.06. The summed E-state index contributed by atoms with van der Waals surface area (Å²) in [6, 6.07) is 12.8. The van der Waals surface area contributed by atoms with Crippen molar-refractivity contribution < 1.29 is 64.4 Å². The molecule has 0 radical (unpaired) electrons. The van der Waals surface area contributed by atoms with Crippen LogP contribution in [0, 0.1) is 0 Å². The second kappa shape index (κ2) is 27.6. The van der Waals surface area contributed by atoms with Gasteiger partial charge in [0.05, 0.1) is 103 Å². The van der Waals surface area contributed by atoms with Gasteiger partial charge in [-0.15, -0.1) is 0 Å². The monoisotopic (exact) mass is 1040 g/mol. The van der Waals surface area contributed by atoms with Crippen molar-refractivity contribution in [3.63, 3.8) is 0 Å². The van der Waals surface area contributed by atoms with Crippen LogP contribution >= 0.6 is 24.0 Å². The Morgan fingerprint density at radius 2 is 1.44 bits per heavy atom. The van der Waals surface area contributed by atoms with E-state index in [2.05, 4.69) is 21.3 Å². The number of sulfonamides is 1. The molecule has 0 unspecified atom stereocenters. The lowest BCUT2D eigenvalue weighted by molar-refractivity contribution is -0.121. The number of piperidine rings is 1. The number of hydrogen-bond donors (Lipinski definition) is 5. The number of halogens is 3. The zero-order chi connectivity index (χ0) is 49.9. The van der Waals surface area contributed by atoms with E-state index >= 15 is 0 Å². The molecular formula is C46H64F3N7O11S3. The number of ether oxygens (including phenoxy) is 6. The van der Waals surface area contributed by atoms with Crippen molar-refractivity contribution in [3.05, 3.63) is 54.2 Å². The summed E-state index contributed by atoms with van der Waals surface area (Å²) in [5.74, 6) is 0.669. The second-order valence-corrected chi connectivity index (χ2v) is 20.5. The molecule has 0 saturated carbocycles. The molecule has 18 nitrogen and oxygen atoms in total. The Kier molecular flexibility index (Phi) is 21.8. The van der Waals surface area contributed by atoms with Crippen molar-refractivity contribution in [3.8, 4) is 11.1 Å². The number of carbonyl (C=O) groups excluding carboxylic acids is 3. The first-order valence-corrected chi connectivity index (χ1v) is 26.4. The molecule has 388 valence electrons. The van der Waals surface area contributed by atoms with Gasteiger partial charge in [-0.2, -0.15) is 29.2 Å². The number of thioether (sulfide) groups is 1. The molecule has 0 bridgehead atoms. The summed E-state index contributed by atoms with van der Waals surface area (Å²) in [6.07, 6.45) is 5.50. The van der Waals surface area contributed by atoms with Crippen LogP contribution in [0.25, 0.3) is 22.0 Å². The minimum absolute atomic E-state index is 0.0137. The third kappa shape index (κ3) is 16.5. The van der Waals surface area contributed by atoms with Crippen LogP contribution < -0.4 is 27.0 Å². The number of unbranched alkanes of at least 4 members (excludes halogenated alkanes) is 1. The number of nitrogens with two attached hydrogens (primary N) is 1. The molecule has 6 rings (SSSR count). The molecule has 4 amide bonds. The van der Waals surface area contributed by atoms with E-state index in [-0.39, 0.29) is 86.5 Å². The normalized spacial score (nSPS) is 18.7. The molecule has 3 fully saturated rings. The smallest absolute Gasteiger partial charge is 0.389 e. The summed E-state index contributed by atoms with van der Waals surface area (Å²) in [6.45, 7) is 4.24. The first kappa shape index (κ1) is 55.2. The van der Waals surface area contributed by atoms with E-state index in [4.69, 9.17) is 46.4 Å². The number of nitrogens with zero attached hydrogens (tertiary/aromatic N) is 2. The van der Waals surface area contributed by atoms with E-state index in [1.165, 1.54) is 0 Å². The molecule has 2 aromatic carbocycles. The highest BCUT2D eigenvalue weighted by Crippen LogP contribution is 2.39. The lowest BCUT2D eigenvalue weighted by Crippen LogP contribution is -2.45. The van der Waals surface area contributed by atoms with Crippen LogP contribution in [-0.2, 0) is 48.0 Å². The number of carbonyl (C=O) groups is 3. The van der Waals surface area contributed by atoms with E-state index in [0.717, 1.165) is 41.5 Å². The van der Waals surface area contributed by atoms with Gasteiger partial charge in [-0.05, 0) is 49.4 Å². The third-order valence-corrected chi connectivity index (χ3v) is 15.4. The Morgan fingerprint density at radius 1 is 0.814 bits per heavy atom. The van der Waals surface area contributed by atoms with Gasteiger partial charge in [0, 0.05) is 71.5 Å². The van der Waals surface area contributed by atoms with Crippen LogP contribution in [-0.4, -0.2) is 168 Å². The van der Waals surface area contributed by atoms with Crippen LogP contribution in [0.1, 0.15) is 56.6 Å². The number of anilines is 1. The van der Waals surface area contributed by atoms with Gasteiger partial charge >= 0.3 is 21.6 Å². The maximum absolute atomic E-state index is 13.3. The number of aromatic nitrogens is 1. The Bertz CT molecular complexity index is 2300. The number of nitrogens with one attached hydrogen (secondary N) is 4. The number of thiocarbonyl (C=S) groups is 1. The van der Waals surface area contributed by atoms with Crippen LogP contribution in [0.5, 0.6) is 0 Å². The van der Waals surface area contributed by atoms with Crippen molar-refractivity contribution in [1.82, 2.24) is 24.8 Å². The summed E-state index contributed by atoms with van der Waals surface area (Å²) in [5.41, 5.74) is 4.04. The summed E-state index contributed by atoms with van der Waals surface area (Å²) < 4.78 is 99.6. The second-order valence-electron chi connectivity index (χ2n) is 16.9. The van der Waals surface area contributed by atoms with Gasteiger partial charge < -0.3 is 60.0 Å². The van der Waals surface area contributed by atoms with Crippen molar-refractivity contribution in [2.75, 3.05) is 110 Å². The number of rotatable bonds is 31. The van der Waals surface area contributed by atoms with Crippen LogP contribution in [0.3, 0.4) is 0 Å². The molecule has 3 saturated heterocycles. The van der Waals surface area contributed by atoms with E-state index in [1.54, 1.807) is 18.2 Å². The van der Waals surface area contributed by atoms with Gasteiger partial charge in [-0.25, -0.2) is 13.2 Å². The molecule has 24 heteroatoms. The minimum atomic E-state index is -5.44. The topological polar surface area (TPSA) is 223 Å². The number of benzene rings is 2. The Morgan fingerprint density at radius 3 is 2.07 bits per heavy atom. The van der Waals surface area contributed by atoms with E-state index in [0.29, 0.717) is 105 Å². The molecule has 3 aliphatic heterocycles. The van der Waals surface area contributed by atoms with Crippen LogP contribution in [0.2, 0.25) is 0 Å². The zero-order valence-corrected chi connectivity index (χ0v) is 41.5. The van der Waals surface area contributed by atoms with Gasteiger partial charge in [-0.1, -0.05) is 42.9 Å². The van der Waals surface area contributed by atoms with Crippen molar-refractivity contribution in [1.29, 1.82) is 0 Å². The van der Waals surface area contributed by atoms with E-state index in [1.807, 2.05) is 46.8 Å². The molecule has 70 heavy (non-hydrogen) atoms. The predicted molar refractivity (Wildman–Crippen MR) is 263 cm³/mol. The molecule has 3 aliphatic rings. The van der Waals surface area contributed by atoms with Gasteiger partial charge in [0.2, 0.25) is 11.8 Å². The number of urea groups is 1. The fourth-order valence-corrected chi connectivity index (χ4v) is 11.1. The average molecular weight is 1040 g/mol. The molecule has 3 aromatic rings. The highest BCUT2D eigenvalue weighted by Gasteiger charge is 2.50. The van der Waals surface area contributed by atoms with Gasteiger partial charge in [0.25, 0.3) is 0 Å². The van der Waals surface area contributed by atoms with Gasteiger partial charge in [0.1, 0.15) is 4.99 Å². The van der Waals surface area contributed by atoms with Crippen LogP contribution in [0.15, 0.2) is 48.7 Å². The molecular weight excluding hydrogens is 980 g/mol. The number of hydrogen-bond acceptors (Lipinski definition) is 13. The fourth-order valence-electron chi connectivity index (χ4n) is 8.42. The van der Waals surface area contributed by atoms with E-state index < -0.39 is 15.5 Å². The predicted octanol–water partition coefficient (Wildman–Crippen LogP) is 4.70. The molecule has 4 heterocycles. The van der Waals surface area contributed by atoms with Crippen molar-refractivity contribution >= 4 is 73.4 Å². The molecule has 6 N–H and O–H groups in total. The maximum atomic E-state index is 13.3. The molecule has 0 spiro atoms. The first-order chi connectivity index (χ1) is 33.7. The molecule has 1 aromatic heterocycles. The van der Waals surface area contributed by atoms with E-state index in [9.17, 15) is 36.0 Å². The van der Waals surface area contributed by atoms with Crippen molar-refractivity contribution in [2.24, 2.45) is 5.73 Å². The molecule has 3 atom stereocenters. The summed E-state index contributed by atoms with van der Waals surface area (Å²) in [7, 11) is -5.44. The SMILES string of the molecule is NC(=S)c1cccc(-c2cn(C3CCN(S(=O)(=O)C(F)(F)F)CC3)c3cc(NC(=O)CCOCCOCCOCCOCCOCCOCCNC(=O)CCCC[C@@H]4SC[C@@H]5NC(=O)N[C@@H]54)ccc23)c1. The zero-order valence-electron chi connectivity index (χ0n) is 39.0. The summed E-state index contributed by atoms with van der Waals surface area (Å²) in [5, 5.41) is 12.9. The third-order valence-electron chi connectivity index (χ3n) is 12.0. The summed E-state index contributed by atoms with van der Waals surface area (Å²) in [4.78, 5) is 36.7. The lowest BCUT2D eigenvalue weighted by Gasteiger charge is -2.32. The highest BCUT2D eigenvalue weighted by molar-refractivity contribution is 8.00. The first-order valence-electron chi connectivity index (χ1n) is 23.5. The minimum Gasteiger partial charge on any atom is -0.389 e. The van der Waals surface area contributed by atoms with Crippen molar-refractivity contribution in [2.45, 2.75) is 73.8 Å². The van der Waals surface area contributed by atoms with Gasteiger partial charge in [0.15, 0.2) is 0 Å².